The van der Waals surface area contributed by atoms with Gasteiger partial charge in [0.15, 0.2) is 0 Å². The summed E-state index contributed by atoms with van der Waals surface area (Å²) in [6.45, 7) is 4.87. The maximum absolute atomic E-state index is 13.9. The summed E-state index contributed by atoms with van der Waals surface area (Å²) < 4.78 is 33.3. The molecule has 2 aromatic carbocycles. The molecule has 31 heavy (non-hydrogen) atoms. The third-order valence-corrected chi connectivity index (χ3v) is 4.68. The lowest BCUT2D eigenvalue weighted by molar-refractivity contribution is 0.317. The first kappa shape index (κ1) is 24.2. The Morgan fingerprint density at radius 1 is 0.710 bits per heavy atom. The zero-order chi connectivity index (χ0) is 22.3. The van der Waals surface area contributed by atoms with E-state index in [0.29, 0.717) is 17.7 Å². The molecule has 0 fully saturated rings. The average Bonchev–Trinajstić information content (AvgIpc) is 2.81. The molecule has 0 aliphatic heterocycles. The van der Waals surface area contributed by atoms with Crippen LogP contribution in [0.15, 0.2) is 60.2 Å². The number of allylic oxidation sites excluding steroid dienone is 2. The van der Waals surface area contributed by atoms with Crippen molar-refractivity contribution in [3.63, 3.8) is 0 Å². The van der Waals surface area contributed by atoms with Crippen LogP contribution in [0.25, 0.3) is 0 Å². The van der Waals surface area contributed by atoms with E-state index in [4.69, 9.17) is 4.74 Å². The summed E-state index contributed by atoms with van der Waals surface area (Å²) >= 11 is 0. The topological polar surface area (TPSA) is 9.23 Å². The molecule has 0 bridgehead atoms. The van der Waals surface area contributed by atoms with Crippen molar-refractivity contribution in [2.45, 2.75) is 58.8 Å². The molecular weight excluding hydrogens is 390 g/mol. The zero-order valence-electron chi connectivity index (χ0n) is 18.4. The monoisotopic (exact) mass is 420 g/mol. The van der Waals surface area contributed by atoms with Crippen molar-refractivity contribution < 1.29 is 13.5 Å². The highest BCUT2D eigenvalue weighted by molar-refractivity contribution is 5.46. The molecule has 0 atom stereocenters. The van der Waals surface area contributed by atoms with Gasteiger partial charge in [-0.1, -0.05) is 63.5 Å². The van der Waals surface area contributed by atoms with Crippen molar-refractivity contribution >= 4 is 0 Å². The summed E-state index contributed by atoms with van der Waals surface area (Å²) in [5.74, 6) is 8.07. The van der Waals surface area contributed by atoms with Gasteiger partial charge in [0.05, 0.1) is 6.61 Å². The molecule has 162 valence electrons. The van der Waals surface area contributed by atoms with E-state index in [2.05, 4.69) is 30.6 Å². The van der Waals surface area contributed by atoms with Gasteiger partial charge in [-0.3, -0.25) is 0 Å². The molecule has 0 unspecified atom stereocenters. The van der Waals surface area contributed by atoms with Crippen LogP contribution >= 0.6 is 0 Å². The minimum Gasteiger partial charge on any atom is -0.494 e. The average molecular weight is 421 g/mol. The number of unbranched alkanes of at least 4 members (excludes halogenated alkanes) is 4. The van der Waals surface area contributed by atoms with Crippen LogP contribution in [-0.2, 0) is 6.42 Å². The second kappa shape index (κ2) is 14.1. The van der Waals surface area contributed by atoms with Crippen molar-refractivity contribution in [1.29, 1.82) is 0 Å². The predicted octanol–water partition coefficient (Wildman–Crippen LogP) is 7.54. The van der Waals surface area contributed by atoms with Crippen LogP contribution in [0.2, 0.25) is 0 Å². The van der Waals surface area contributed by atoms with Gasteiger partial charge in [-0.15, -0.1) is 0 Å². The van der Waals surface area contributed by atoms with Crippen LogP contribution in [0, 0.1) is 23.7 Å². The number of halogens is 2. The van der Waals surface area contributed by atoms with Crippen molar-refractivity contribution in [3.05, 3.63) is 76.9 Å². The highest BCUT2D eigenvalue weighted by Crippen LogP contribution is 2.13. The van der Waals surface area contributed by atoms with Crippen molar-refractivity contribution in [2.75, 3.05) is 6.61 Å². The van der Waals surface area contributed by atoms with Crippen LogP contribution in [-0.4, -0.2) is 6.61 Å². The lowest BCUT2D eigenvalue weighted by Crippen LogP contribution is -1.94. The van der Waals surface area contributed by atoms with Gasteiger partial charge in [-0.2, -0.15) is 8.78 Å². The Hall–Kier alpha value is -3.04. The van der Waals surface area contributed by atoms with Gasteiger partial charge in [-0.05, 0) is 73.1 Å². The quantitative estimate of drug-likeness (QED) is 0.301. The van der Waals surface area contributed by atoms with Crippen LogP contribution in [0.1, 0.15) is 69.1 Å². The maximum atomic E-state index is 13.9. The Morgan fingerprint density at radius 3 is 1.81 bits per heavy atom. The van der Waals surface area contributed by atoms with E-state index >= 15 is 0 Å². The summed E-state index contributed by atoms with van der Waals surface area (Å²) in [7, 11) is 0. The smallest absolute Gasteiger partial charge is 0.217 e. The van der Waals surface area contributed by atoms with Gasteiger partial charge < -0.3 is 4.74 Å². The molecule has 0 N–H and O–H groups in total. The Morgan fingerprint density at radius 2 is 1.26 bits per heavy atom. The molecule has 0 spiro atoms. The van der Waals surface area contributed by atoms with E-state index < -0.39 is 11.7 Å². The van der Waals surface area contributed by atoms with Gasteiger partial charge in [0.1, 0.15) is 5.75 Å². The highest BCUT2D eigenvalue weighted by atomic mass is 19.2. The number of ether oxygens (including phenoxy) is 1. The molecule has 1 nitrogen and oxygen atoms in total. The molecule has 0 aromatic heterocycles. The second-order valence-corrected chi connectivity index (χ2v) is 7.36. The maximum Gasteiger partial charge on any atom is 0.217 e. The van der Waals surface area contributed by atoms with E-state index in [-0.39, 0.29) is 0 Å². The van der Waals surface area contributed by atoms with Crippen LogP contribution in [0.3, 0.4) is 0 Å². The van der Waals surface area contributed by atoms with Crippen molar-refractivity contribution in [3.8, 4) is 29.4 Å². The van der Waals surface area contributed by atoms with Crippen molar-refractivity contribution in [1.82, 2.24) is 0 Å². The largest absolute Gasteiger partial charge is 0.494 e. The Labute approximate surface area is 185 Å². The molecule has 2 rings (SSSR count). The fraction of sp³-hybridized carbons (Fsp3) is 0.357. The van der Waals surface area contributed by atoms with Crippen molar-refractivity contribution in [2.24, 2.45) is 0 Å². The van der Waals surface area contributed by atoms with Gasteiger partial charge in [0.25, 0.3) is 0 Å². The molecule has 0 saturated heterocycles. The molecular formula is C28H30F2O. The van der Waals surface area contributed by atoms with E-state index in [1.807, 2.05) is 31.2 Å². The van der Waals surface area contributed by atoms with Crippen LogP contribution in [0.5, 0.6) is 5.75 Å². The summed E-state index contributed by atoms with van der Waals surface area (Å²) in [5, 5.41) is 0. The summed E-state index contributed by atoms with van der Waals surface area (Å²) in [6, 6.07) is 14.6. The number of aryl methyl sites for hydroxylation is 1. The summed E-state index contributed by atoms with van der Waals surface area (Å²) in [4.78, 5) is 0. The first-order chi connectivity index (χ1) is 15.1. The van der Waals surface area contributed by atoms with E-state index in [0.717, 1.165) is 18.6 Å². The predicted molar refractivity (Wildman–Crippen MR) is 124 cm³/mol. The third-order valence-electron chi connectivity index (χ3n) is 4.68. The fourth-order valence-electron chi connectivity index (χ4n) is 2.91. The minimum atomic E-state index is -1.16. The summed E-state index contributed by atoms with van der Waals surface area (Å²) in [6.07, 6.45) is 8.16. The van der Waals surface area contributed by atoms with E-state index in [9.17, 15) is 8.78 Å². The molecule has 0 radical (unpaired) electrons. The van der Waals surface area contributed by atoms with E-state index in [1.165, 1.54) is 37.7 Å². The lowest BCUT2D eigenvalue weighted by atomic mass is 10.0. The molecule has 0 aliphatic carbocycles. The second-order valence-electron chi connectivity index (χ2n) is 7.36. The first-order valence-electron chi connectivity index (χ1n) is 11.0. The standard InChI is InChI=1S/C28H30F2O/c1-3-5-6-7-8-9-23-10-12-24(13-11-23)16-20-27(29)28(30)21-17-25-14-18-26(19-15-25)31-22-4-2/h10-15,18-19H,3-9,22H2,1-2H3. The number of hydrogen-bond acceptors (Lipinski definition) is 1. The third kappa shape index (κ3) is 9.54. The molecule has 0 heterocycles. The van der Waals surface area contributed by atoms with Crippen LogP contribution in [0.4, 0.5) is 8.78 Å². The molecule has 2 aromatic rings. The molecule has 0 aliphatic rings. The zero-order valence-corrected chi connectivity index (χ0v) is 18.4. The normalized spacial score (nSPS) is 11.0. The molecule has 0 saturated carbocycles. The van der Waals surface area contributed by atoms with Gasteiger partial charge in [-0.25, -0.2) is 0 Å². The highest BCUT2D eigenvalue weighted by Gasteiger charge is 2.00. The van der Waals surface area contributed by atoms with Gasteiger partial charge >= 0.3 is 0 Å². The minimum absolute atomic E-state index is 0.574. The number of hydrogen-bond donors (Lipinski definition) is 0. The number of rotatable bonds is 9. The Bertz CT molecular complexity index is 949. The Kier molecular flexibility index (Phi) is 11.0. The van der Waals surface area contributed by atoms with Crippen LogP contribution < -0.4 is 4.74 Å². The molecule has 3 heteroatoms. The first-order valence-corrected chi connectivity index (χ1v) is 11.0. The SMILES string of the molecule is CCCCCCCc1ccc(C#CC(F)=C(F)C#Cc2ccc(OCCC)cc2)cc1. The number of benzene rings is 2. The van der Waals surface area contributed by atoms with E-state index in [1.54, 1.807) is 24.3 Å². The summed E-state index contributed by atoms with van der Waals surface area (Å²) in [5.41, 5.74) is 2.46. The Balaban J connectivity index is 1.92. The van der Waals surface area contributed by atoms with Gasteiger partial charge in [0.2, 0.25) is 11.7 Å². The lowest BCUT2D eigenvalue weighted by Gasteiger charge is -2.03. The molecule has 0 amide bonds. The fourth-order valence-corrected chi connectivity index (χ4v) is 2.91. The van der Waals surface area contributed by atoms with Gasteiger partial charge in [0, 0.05) is 11.1 Å².